The van der Waals surface area contributed by atoms with Crippen LogP contribution in [-0.4, -0.2) is 37.7 Å². The van der Waals surface area contributed by atoms with Crippen LogP contribution in [0.5, 0.6) is 0 Å². The first-order chi connectivity index (χ1) is 8.14. The zero-order valence-corrected chi connectivity index (χ0v) is 11.5. The Labute approximate surface area is 106 Å². The summed E-state index contributed by atoms with van der Waals surface area (Å²) in [5.74, 6) is 6.64. The van der Waals surface area contributed by atoms with E-state index in [2.05, 4.69) is 49.7 Å². The molecule has 0 aromatic heterocycles. The van der Waals surface area contributed by atoms with Crippen molar-refractivity contribution < 1.29 is 4.74 Å². The predicted molar refractivity (Wildman–Crippen MR) is 72.9 cm³/mol. The summed E-state index contributed by atoms with van der Waals surface area (Å²) in [6.45, 7) is 11.4. The van der Waals surface area contributed by atoms with Crippen molar-refractivity contribution >= 4 is 0 Å². The van der Waals surface area contributed by atoms with E-state index < -0.39 is 0 Å². The monoisotopic (exact) mass is 235 g/mol. The van der Waals surface area contributed by atoms with Gasteiger partial charge in [0, 0.05) is 31.5 Å². The Morgan fingerprint density at radius 1 is 1.29 bits per heavy atom. The number of nitrogens with zero attached hydrogens (tertiary/aromatic N) is 1. The molecule has 1 rings (SSSR count). The third kappa shape index (κ3) is 6.51. The molecule has 96 valence electrons. The van der Waals surface area contributed by atoms with Gasteiger partial charge in [0.15, 0.2) is 0 Å². The highest BCUT2D eigenvalue weighted by molar-refractivity contribution is 5.17. The zero-order chi connectivity index (χ0) is 12.6. The van der Waals surface area contributed by atoms with Crippen LogP contribution in [0.3, 0.4) is 0 Å². The maximum Gasteiger partial charge on any atom is 0.0594 e. The third-order valence-corrected chi connectivity index (χ3v) is 2.84. The van der Waals surface area contributed by atoms with Crippen molar-refractivity contribution in [2.75, 3.05) is 32.8 Å². The minimum absolute atomic E-state index is 0.0149. The SMILES string of the molecule is CC/C=C\C(C)(C)C#CCCN1CCOCC1. The molecule has 0 aliphatic carbocycles. The molecule has 17 heavy (non-hydrogen) atoms. The molecular formula is C15H25NO. The molecule has 0 aromatic rings. The summed E-state index contributed by atoms with van der Waals surface area (Å²) >= 11 is 0. The summed E-state index contributed by atoms with van der Waals surface area (Å²) in [5.41, 5.74) is 0.0149. The Hall–Kier alpha value is -0.780. The molecule has 0 aromatic carbocycles. The Balaban J connectivity index is 2.27. The lowest BCUT2D eigenvalue weighted by molar-refractivity contribution is 0.0390. The van der Waals surface area contributed by atoms with Gasteiger partial charge in [-0.3, -0.25) is 4.90 Å². The van der Waals surface area contributed by atoms with Crippen LogP contribution in [0.2, 0.25) is 0 Å². The molecule has 0 bridgehead atoms. The summed E-state index contributed by atoms with van der Waals surface area (Å²) in [4.78, 5) is 2.42. The molecular weight excluding hydrogens is 210 g/mol. The maximum absolute atomic E-state index is 5.32. The number of hydrogen-bond acceptors (Lipinski definition) is 2. The van der Waals surface area contributed by atoms with E-state index in [-0.39, 0.29) is 5.41 Å². The normalized spacial score (nSPS) is 18.1. The van der Waals surface area contributed by atoms with E-state index in [4.69, 9.17) is 4.74 Å². The molecule has 1 fully saturated rings. The third-order valence-electron chi connectivity index (χ3n) is 2.84. The second-order valence-electron chi connectivity index (χ2n) is 5.04. The highest BCUT2D eigenvalue weighted by Crippen LogP contribution is 2.15. The lowest BCUT2D eigenvalue weighted by Crippen LogP contribution is -2.36. The molecule has 1 aliphatic heterocycles. The minimum Gasteiger partial charge on any atom is -0.379 e. The Morgan fingerprint density at radius 2 is 2.00 bits per heavy atom. The van der Waals surface area contributed by atoms with Gasteiger partial charge in [0.2, 0.25) is 0 Å². The fourth-order valence-corrected chi connectivity index (χ4v) is 1.78. The molecule has 0 saturated carbocycles. The van der Waals surface area contributed by atoms with Crippen LogP contribution in [0.15, 0.2) is 12.2 Å². The summed E-state index contributed by atoms with van der Waals surface area (Å²) < 4.78 is 5.32. The fourth-order valence-electron chi connectivity index (χ4n) is 1.78. The van der Waals surface area contributed by atoms with Crippen molar-refractivity contribution in [3.8, 4) is 11.8 Å². The van der Waals surface area contributed by atoms with E-state index in [0.29, 0.717) is 0 Å². The van der Waals surface area contributed by atoms with Crippen molar-refractivity contribution in [1.29, 1.82) is 0 Å². The van der Waals surface area contributed by atoms with Crippen LogP contribution >= 0.6 is 0 Å². The Bertz CT molecular complexity index is 290. The number of morpholine rings is 1. The highest BCUT2D eigenvalue weighted by atomic mass is 16.5. The van der Waals surface area contributed by atoms with Gasteiger partial charge >= 0.3 is 0 Å². The summed E-state index contributed by atoms with van der Waals surface area (Å²) in [7, 11) is 0. The van der Waals surface area contributed by atoms with E-state index in [9.17, 15) is 0 Å². The van der Waals surface area contributed by atoms with Gasteiger partial charge < -0.3 is 4.74 Å². The molecule has 1 saturated heterocycles. The van der Waals surface area contributed by atoms with Gasteiger partial charge in [-0.15, -0.1) is 5.92 Å². The molecule has 2 heteroatoms. The number of hydrogen-bond donors (Lipinski definition) is 0. The minimum atomic E-state index is 0.0149. The van der Waals surface area contributed by atoms with E-state index in [1.54, 1.807) is 0 Å². The van der Waals surface area contributed by atoms with Crippen molar-refractivity contribution in [3.63, 3.8) is 0 Å². The second-order valence-corrected chi connectivity index (χ2v) is 5.04. The summed E-state index contributed by atoms with van der Waals surface area (Å²) in [5, 5.41) is 0. The largest absolute Gasteiger partial charge is 0.379 e. The van der Waals surface area contributed by atoms with Gasteiger partial charge in [0.1, 0.15) is 0 Å². The first-order valence-electron chi connectivity index (χ1n) is 6.62. The van der Waals surface area contributed by atoms with Gasteiger partial charge in [0.25, 0.3) is 0 Å². The molecule has 0 atom stereocenters. The maximum atomic E-state index is 5.32. The van der Waals surface area contributed by atoms with Crippen molar-refractivity contribution in [2.24, 2.45) is 5.41 Å². The standard InChI is InChI=1S/C15H25NO/c1-4-5-8-15(2,3)9-6-7-10-16-11-13-17-14-12-16/h5,8H,4,7,10-14H2,1-3H3/b8-5-. The topological polar surface area (TPSA) is 12.5 Å². The van der Waals surface area contributed by atoms with Crippen LogP contribution < -0.4 is 0 Å². The first-order valence-corrected chi connectivity index (χ1v) is 6.62. The average Bonchev–Trinajstić information content (AvgIpc) is 2.34. The van der Waals surface area contributed by atoms with E-state index >= 15 is 0 Å². The molecule has 1 heterocycles. The highest BCUT2D eigenvalue weighted by Gasteiger charge is 2.10. The van der Waals surface area contributed by atoms with Crippen LogP contribution in [-0.2, 0) is 4.74 Å². The molecule has 1 aliphatic rings. The Morgan fingerprint density at radius 3 is 2.65 bits per heavy atom. The first kappa shape index (κ1) is 14.3. The zero-order valence-electron chi connectivity index (χ0n) is 11.5. The summed E-state index contributed by atoms with van der Waals surface area (Å²) in [6, 6.07) is 0. The molecule has 0 N–H and O–H groups in total. The van der Waals surface area contributed by atoms with Gasteiger partial charge in [-0.05, 0) is 20.3 Å². The molecule has 0 radical (unpaired) electrons. The van der Waals surface area contributed by atoms with Crippen LogP contribution in [0.25, 0.3) is 0 Å². The fraction of sp³-hybridized carbons (Fsp3) is 0.733. The van der Waals surface area contributed by atoms with Gasteiger partial charge in [0.05, 0.1) is 13.2 Å². The molecule has 0 spiro atoms. The van der Waals surface area contributed by atoms with E-state index in [0.717, 1.165) is 45.7 Å². The number of rotatable bonds is 4. The molecule has 2 nitrogen and oxygen atoms in total. The number of allylic oxidation sites excluding steroid dienone is 2. The van der Waals surface area contributed by atoms with Gasteiger partial charge in [-0.2, -0.15) is 0 Å². The van der Waals surface area contributed by atoms with Crippen molar-refractivity contribution in [2.45, 2.75) is 33.6 Å². The smallest absolute Gasteiger partial charge is 0.0594 e. The average molecular weight is 235 g/mol. The predicted octanol–water partition coefficient (Wildman–Crippen LogP) is 2.70. The second kappa shape index (κ2) is 7.53. The van der Waals surface area contributed by atoms with E-state index in [1.807, 2.05) is 0 Å². The van der Waals surface area contributed by atoms with Crippen LogP contribution in [0.4, 0.5) is 0 Å². The van der Waals surface area contributed by atoms with Crippen molar-refractivity contribution in [3.05, 3.63) is 12.2 Å². The van der Waals surface area contributed by atoms with Crippen LogP contribution in [0.1, 0.15) is 33.6 Å². The van der Waals surface area contributed by atoms with Crippen molar-refractivity contribution in [1.82, 2.24) is 4.90 Å². The molecule has 0 amide bonds. The quantitative estimate of drug-likeness (QED) is 0.549. The van der Waals surface area contributed by atoms with Gasteiger partial charge in [-0.1, -0.05) is 25.0 Å². The lowest BCUT2D eigenvalue weighted by atomic mass is 9.93. The Kier molecular flexibility index (Phi) is 6.32. The van der Waals surface area contributed by atoms with E-state index in [1.165, 1.54) is 0 Å². The van der Waals surface area contributed by atoms with Crippen LogP contribution in [0, 0.1) is 17.3 Å². The number of ether oxygens (including phenoxy) is 1. The van der Waals surface area contributed by atoms with Gasteiger partial charge in [-0.25, -0.2) is 0 Å². The lowest BCUT2D eigenvalue weighted by Gasteiger charge is -2.25. The summed E-state index contributed by atoms with van der Waals surface area (Å²) in [6.07, 6.45) is 6.44. The molecule has 0 unspecified atom stereocenters.